The third-order valence-corrected chi connectivity index (χ3v) is 0.114. The standard InChI is InChI=1S/CH2BFO2/c3-2-1(4)5/h2H,(H,4,5). The minimum atomic E-state index is -1.41. The summed E-state index contributed by atoms with van der Waals surface area (Å²) >= 11 is 0. The van der Waals surface area contributed by atoms with E-state index in [1.54, 1.807) is 0 Å². The summed E-state index contributed by atoms with van der Waals surface area (Å²) in [5, 5.41) is 7.35. The van der Waals surface area contributed by atoms with E-state index in [4.69, 9.17) is 9.90 Å². The van der Waals surface area contributed by atoms with Crippen LogP contribution in [0.15, 0.2) is 0 Å². The first-order valence-electron chi connectivity index (χ1n) is 1.05. The average molecular weight is 75.8 g/mol. The maximum absolute atomic E-state index is 10.5. The Bertz CT molecular complexity index is 44.9. The van der Waals surface area contributed by atoms with Crippen molar-refractivity contribution in [2.75, 3.05) is 0 Å². The topological polar surface area (TPSA) is 37.3 Å². The molecule has 0 atom stereocenters. The van der Waals surface area contributed by atoms with Crippen LogP contribution in [-0.2, 0) is 0 Å². The van der Waals surface area contributed by atoms with Gasteiger partial charge < -0.3 is 9.42 Å². The van der Waals surface area contributed by atoms with Gasteiger partial charge in [0.1, 0.15) is 0 Å². The van der Waals surface area contributed by atoms with E-state index in [0.717, 1.165) is 0 Å². The van der Waals surface area contributed by atoms with Crippen molar-refractivity contribution in [1.29, 1.82) is 0 Å². The van der Waals surface area contributed by atoms with Crippen molar-refractivity contribution >= 4 is 13.4 Å². The van der Waals surface area contributed by atoms with Crippen LogP contribution >= 0.6 is 0 Å². The van der Waals surface area contributed by atoms with Gasteiger partial charge >= 0.3 is 7.56 Å². The van der Waals surface area contributed by atoms with Gasteiger partial charge in [-0.15, -0.1) is 0 Å². The molecule has 5 heavy (non-hydrogen) atoms. The van der Waals surface area contributed by atoms with Gasteiger partial charge in [-0.05, 0) is 0 Å². The summed E-state index contributed by atoms with van der Waals surface area (Å²) in [4.78, 5) is 8.99. The number of hydrogen-bond donors (Lipinski definition) is 1. The van der Waals surface area contributed by atoms with Crippen LogP contribution < -0.4 is 0 Å². The smallest absolute Gasteiger partial charge is 0.457 e. The summed E-state index contributed by atoms with van der Waals surface area (Å²) in [5.74, 6) is -1.41. The predicted molar refractivity (Wildman–Crippen MR) is 16.3 cm³/mol. The molecular formula is CH2BFO2. The Kier molecular flexibility index (Phi) is 1.57. The average Bonchev–Trinajstić information content (AvgIpc) is 1.38. The highest BCUT2D eigenvalue weighted by Gasteiger charge is 1.92. The molecule has 0 aliphatic rings. The molecule has 0 fully saturated rings. The Morgan fingerprint density at radius 2 is 2.20 bits per heavy atom. The zero-order valence-corrected chi connectivity index (χ0v) is 2.44. The summed E-state index contributed by atoms with van der Waals surface area (Å²) < 4.78 is 10.5. The highest BCUT2D eigenvalue weighted by Crippen LogP contribution is 1.60. The fourth-order valence-electron chi connectivity index (χ4n) is 0. The predicted octanol–water partition coefficient (Wildman–Crippen LogP) is -0.0146. The van der Waals surface area contributed by atoms with Crippen LogP contribution in [0.1, 0.15) is 0 Å². The largest absolute Gasteiger partial charge is 0.487 e. The molecule has 2 nitrogen and oxygen atoms in total. The lowest BCUT2D eigenvalue weighted by molar-refractivity contribution is 0.218. The van der Waals surface area contributed by atoms with E-state index in [9.17, 15) is 4.32 Å². The highest BCUT2D eigenvalue weighted by atomic mass is 19.1. The first-order chi connectivity index (χ1) is 2.27. The molecule has 0 aromatic heterocycles. The quantitative estimate of drug-likeness (QED) is 0.445. The van der Waals surface area contributed by atoms with E-state index >= 15 is 0 Å². The molecule has 1 N–H and O–H groups in total. The van der Waals surface area contributed by atoms with Crippen molar-refractivity contribution in [1.82, 2.24) is 0 Å². The molecule has 0 aliphatic heterocycles. The van der Waals surface area contributed by atoms with Crippen molar-refractivity contribution in [2.45, 2.75) is 0 Å². The molecule has 0 aromatic rings. The number of carbonyl (C=O) groups is 1. The summed E-state index contributed by atoms with van der Waals surface area (Å²) in [6, 6.07) is 0. The molecule has 4 heteroatoms. The lowest BCUT2D eigenvalue weighted by atomic mass is 10.1. The molecule has 0 saturated carbocycles. The molecule has 0 aliphatic carbocycles. The molecule has 28 valence electrons. The second-order valence-corrected chi connectivity index (χ2v) is 0.527. The Hall–Kier alpha value is -0.535. The van der Waals surface area contributed by atoms with Crippen LogP contribution in [0.5, 0.6) is 0 Å². The van der Waals surface area contributed by atoms with Gasteiger partial charge in [0.05, 0.1) is 0 Å². The summed E-state index contributed by atoms with van der Waals surface area (Å²) in [6.45, 7) is 0. The zero-order chi connectivity index (χ0) is 4.28. The number of rotatable bonds is 1. The maximum atomic E-state index is 10.5. The lowest BCUT2D eigenvalue weighted by Crippen LogP contribution is -1.95. The van der Waals surface area contributed by atoms with Crippen molar-refractivity contribution in [3.05, 3.63) is 0 Å². The van der Waals surface area contributed by atoms with Crippen LogP contribution in [0.4, 0.5) is 9.11 Å². The van der Waals surface area contributed by atoms with Crippen LogP contribution in [0, 0.1) is 0 Å². The van der Waals surface area contributed by atoms with Crippen molar-refractivity contribution in [3.63, 3.8) is 0 Å². The van der Waals surface area contributed by atoms with Gasteiger partial charge in [-0.1, -0.05) is 0 Å². The second kappa shape index (κ2) is 1.75. The lowest BCUT2D eigenvalue weighted by Gasteiger charge is -1.66. The zero-order valence-electron chi connectivity index (χ0n) is 2.44. The van der Waals surface area contributed by atoms with E-state index in [-0.39, 0.29) is 0 Å². The SMILES string of the molecule is O=C(O)BF. The number of halogens is 1. The number of carboxylic acid groups (broad SMARTS) is 1. The summed E-state index contributed by atoms with van der Waals surface area (Å²) in [7, 11) is -1.28. The molecule has 0 unspecified atom stereocenters. The molecule has 0 amide bonds. The van der Waals surface area contributed by atoms with Crippen molar-refractivity contribution in [3.8, 4) is 0 Å². The maximum Gasteiger partial charge on any atom is 0.457 e. The van der Waals surface area contributed by atoms with E-state index in [1.165, 1.54) is 0 Å². The minimum Gasteiger partial charge on any atom is -0.487 e. The Morgan fingerprint density at radius 1 is 2.00 bits per heavy atom. The van der Waals surface area contributed by atoms with E-state index in [1.807, 2.05) is 0 Å². The van der Waals surface area contributed by atoms with E-state index in [2.05, 4.69) is 0 Å². The molecule has 0 rings (SSSR count). The third kappa shape index (κ3) is 3.46. The molecular weight excluding hydrogens is 73.8 g/mol. The Morgan fingerprint density at radius 3 is 2.20 bits per heavy atom. The molecule has 0 aromatic carbocycles. The Labute approximate surface area is 28.9 Å². The molecule has 0 spiro atoms. The van der Waals surface area contributed by atoms with Gasteiger partial charge in [0, 0.05) is 0 Å². The molecule has 0 saturated heterocycles. The van der Waals surface area contributed by atoms with Crippen LogP contribution in [0.25, 0.3) is 0 Å². The Balaban J connectivity index is 2.85. The molecule has 0 bridgehead atoms. The van der Waals surface area contributed by atoms with E-state index in [0.29, 0.717) is 0 Å². The minimum absolute atomic E-state index is 1.28. The highest BCUT2D eigenvalue weighted by molar-refractivity contribution is 6.65. The van der Waals surface area contributed by atoms with Gasteiger partial charge in [-0.3, -0.25) is 4.79 Å². The van der Waals surface area contributed by atoms with Gasteiger partial charge in [0.25, 0.3) is 5.87 Å². The number of hydrogen-bond acceptors (Lipinski definition) is 1. The van der Waals surface area contributed by atoms with Gasteiger partial charge in [0.15, 0.2) is 0 Å². The van der Waals surface area contributed by atoms with Crippen LogP contribution in [0.2, 0.25) is 0 Å². The fraction of sp³-hybridized carbons (Fsp3) is 0. The molecule has 0 radical (unpaired) electrons. The van der Waals surface area contributed by atoms with Crippen LogP contribution in [0.3, 0.4) is 0 Å². The van der Waals surface area contributed by atoms with Gasteiger partial charge in [-0.2, -0.15) is 0 Å². The fourth-order valence-corrected chi connectivity index (χ4v) is 0. The third-order valence-electron chi connectivity index (χ3n) is 0.114. The van der Waals surface area contributed by atoms with Crippen LogP contribution in [-0.4, -0.2) is 18.5 Å². The first kappa shape index (κ1) is 4.46. The van der Waals surface area contributed by atoms with Crippen molar-refractivity contribution < 1.29 is 14.2 Å². The molecule has 0 heterocycles. The van der Waals surface area contributed by atoms with Gasteiger partial charge in [-0.25, -0.2) is 0 Å². The van der Waals surface area contributed by atoms with Gasteiger partial charge in [0.2, 0.25) is 0 Å². The normalized spacial score (nSPS) is 6.60. The monoisotopic (exact) mass is 76.0 g/mol. The second-order valence-electron chi connectivity index (χ2n) is 0.527. The summed E-state index contributed by atoms with van der Waals surface area (Å²) in [6.07, 6.45) is 0. The first-order valence-corrected chi connectivity index (χ1v) is 1.05. The van der Waals surface area contributed by atoms with E-state index < -0.39 is 13.4 Å². The summed E-state index contributed by atoms with van der Waals surface area (Å²) in [5.41, 5.74) is 0. The van der Waals surface area contributed by atoms with Crippen molar-refractivity contribution in [2.24, 2.45) is 0 Å².